The minimum Gasteiger partial charge on any atom is -0.623 e. The molecule has 1 aliphatic heterocycles. The molecule has 0 bridgehead atoms. The smallest absolute Gasteiger partial charge is 0.290 e. The Balaban J connectivity index is 2.33. The van der Waals surface area contributed by atoms with E-state index in [4.69, 9.17) is 0 Å². The molecule has 0 aliphatic carbocycles. The molecular formula is C6H8BrN3O2S. The molecule has 2 atom stereocenters. The number of aliphatic hydroxyl groups is 1. The molecule has 0 aromatic carbocycles. The van der Waals surface area contributed by atoms with Crippen LogP contribution in [0.15, 0.2) is 9.98 Å². The highest BCUT2D eigenvalue weighted by Crippen LogP contribution is 2.33. The Morgan fingerprint density at radius 2 is 2.62 bits per heavy atom. The van der Waals surface area contributed by atoms with Crippen molar-refractivity contribution >= 4 is 32.4 Å². The van der Waals surface area contributed by atoms with Gasteiger partial charge in [0.05, 0.1) is 16.5 Å². The van der Waals surface area contributed by atoms with Gasteiger partial charge in [0, 0.05) is 0 Å². The zero-order valence-electron chi connectivity index (χ0n) is 6.61. The van der Waals surface area contributed by atoms with Gasteiger partial charge in [-0.2, -0.15) is 4.98 Å². The van der Waals surface area contributed by atoms with Crippen LogP contribution in [0.5, 0.6) is 0 Å². The van der Waals surface area contributed by atoms with Crippen LogP contribution < -0.4 is 9.96 Å². The first-order valence-corrected chi connectivity index (χ1v) is 5.33. The number of rotatable bonds is 1. The number of thiazole rings is 1. The zero-order valence-corrected chi connectivity index (χ0v) is 9.01. The summed E-state index contributed by atoms with van der Waals surface area (Å²) < 4.78 is 0.0194. The Morgan fingerprint density at radius 3 is 3.08 bits per heavy atom. The predicted octanol–water partition coefficient (Wildman–Crippen LogP) is 0.590. The van der Waals surface area contributed by atoms with Crippen molar-refractivity contribution in [2.24, 2.45) is 0 Å². The number of quaternary nitrogens is 1. The van der Waals surface area contributed by atoms with Crippen LogP contribution in [-0.2, 0) is 0 Å². The number of halogens is 1. The summed E-state index contributed by atoms with van der Waals surface area (Å²) in [4.78, 5) is 3.95. The summed E-state index contributed by atoms with van der Waals surface area (Å²) in [5.41, 5.74) is 0. The average molecular weight is 266 g/mol. The molecule has 1 saturated heterocycles. The lowest BCUT2D eigenvalue weighted by Gasteiger charge is -2.36. The first-order valence-electron chi connectivity index (χ1n) is 3.72. The zero-order chi connectivity index (χ0) is 9.47. The van der Waals surface area contributed by atoms with E-state index >= 15 is 0 Å². The van der Waals surface area contributed by atoms with Gasteiger partial charge in [-0.25, -0.2) is 0 Å². The van der Waals surface area contributed by atoms with Crippen LogP contribution in [0.3, 0.4) is 0 Å². The molecule has 1 aliphatic rings. The standard InChI is InChI=1S/C6H8BrN3O2S/c7-4-1-9-6(13-4)10(12)3-8-2-5(10)11/h1,5,8,11H,2-3H2. The van der Waals surface area contributed by atoms with E-state index in [2.05, 4.69) is 26.2 Å². The maximum absolute atomic E-state index is 12.0. The third-order valence-electron chi connectivity index (χ3n) is 1.94. The van der Waals surface area contributed by atoms with Gasteiger partial charge in [0.15, 0.2) is 0 Å². The molecule has 13 heavy (non-hydrogen) atoms. The molecule has 2 rings (SSSR count). The molecule has 0 amide bonds. The van der Waals surface area contributed by atoms with Crippen molar-refractivity contribution in [1.82, 2.24) is 14.9 Å². The third-order valence-corrected chi connectivity index (χ3v) is 3.53. The van der Waals surface area contributed by atoms with Gasteiger partial charge in [-0.05, 0) is 27.3 Å². The lowest BCUT2D eigenvalue weighted by Crippen LogP contribution is -2.48. The fraction of sp³-hybridized carbons (Fsp3) is 0.500. The highest BCUT2D eigenvalue weighted by molar-refractivity contribution is 9.11. The first kappa shape index (κ1) is 9.50. The Labute approximate surface area is 87.3 Å². The van der Waals surface area contributed by atoms with E-state index in [0.29, 0.717) is 11.7 Å². The van der Waals surface area contributed by atoms with Crippen molar-refractivity contribution in [3.63, 3.8) is 0 Å². The third kappa shape index (κ3) is 1.51. The van der Waals surface area contributed by atoms with Gasteiger partial charge >= 0.3 is 0 Å². The van der Waals surface area contributed by atoms with E-state index in [-0.39, 0.29) is 6.67 Å². The van der Waals surface area contributed by atoms with Crippen LogP contribution in [0.2, 0.25) is 0 Å². The molecule has 5 nitrogen and oxygen atoms in total. The predicted molar refractivity (Wildman–Crippen MR) is 53.9 cm³/mol. The minimum absolute atomic E-state index is 0.182. The summed E-state index contributed by atoms with van der Waals surface area (Å²) in [7, 11) is 0. The first-order chi connectivity index (χ1) is 6.13. The maximum Gasteiger partial charge on any atom is 0.290 e. The van der Waals surface area contributed by atoms with Crippen LogP contribution in [0.25, 0.3) is 0 Å². The van der Waals surface area contributed by atoms with E-state index in [1.165, 1.54) is 11.3 Å². The van der Waals surface area contributed by atoms with Crippen molar-refractivity contribution in [2.75, 3.05) is 13.2 Å². The number of hydrogen-bond acceptors (Lipinski definition) is 5. The van der Waals surface area contributed by atoms with Gasteiger partial charge < -0.3 is 10.3 Å². The minimum atomic E-state index is -0.946. The molecule has 1 fully saturated rings. The van der Waals surface area contributed by atoms with Gasteiger partial charge in [0.25, 0.3) is 5.13 Å². The monoisotopic (exact) mass is 265 g/mol. The van der Waals surface area contributed by atoms with Gasteiger partial charge in [-0.3, -0.25) is 9.96 Å². The van der Waals surface area contributed by atoms with Gasteiger partial charge in [-0.1, -0.05) is 0 Å². The normalized spacial score (nSPS) is 33.9. The molecule has 2 unspecified atom stereocenters. The quantitative estimate of drug-likeness (QED) is 0.576. The Hall–Kier alpha value is -0.0500. The molecule has 0 spiro atoms. The molecule has 2 N–H and O–H groups in total. The SMILES string of the molecule is [O-][N+]1(c2ncc(Br)s2)CNCC1O. The van der Waals surface area contributed by atoms with Crippen LogP contribution in [0.4, 0.5) is 5.13 Å². The highest BCUT2D eigenvalue weighted by atomic mass is 79.9. The Morgan fingerprint density at radius 1 is 1.85 bits per heavy atom. The number of aliphatic hydroxyl groups excluding tert-OH is 1. The van der Waals surface area contributed by atoms with Crippen LogP contribution in [-0.4, -0.2) is 29.5 Å². The number of hydroxylamine groups is 2. The molecule has 72 valence electrons. The van der Waals surface area contributed by atoms with Crippen molar-refractivity contribution in [2.45, 2.75) is 6.23 Å². The van der Waals surface area contributed by atoms with E-state index in [1.54, 1.807) is 6.20 Å². The van der Waals surface area contributed by atoms with E-state index < -0.39 is 10.9 Å². The van der Waals surface area contributed by atoms with Crippen molar-refractivity contribution in [3.8, 4) is 0 Å². The van der Waals surface area contributed by atoms with E-state index in [1.807, 2.05) is 0 Å². The lowest BCUT2D eigenvalue weighted by atomic mass is 10.5. The van der Waals surface area contributed by atoms with E-state index in [0.717, 1.165) is 3.79 Å². The van der Waals surface area contributed by atoms with Gasteiger partial charge in [-0.15, -0.1) is 0 Å². The summed E-state index contributed by atoms with van der Waals surface area (Å²) >= 11 is 4.48. The lowest BCUT2D eigenvalue weighted by molar-refractivity contribution is 0.0850. The summed E-state index contributed by atoms with van der Waals surface area (Å²) in [5, 5.41) is 24.7. The van der Waals surface area contributed by atoms with E-state index in [9.17, 15) is 10.3 Å². The fourth-order valence-corrected chi connectivity index (χ4v) is 2.49. The van der Waals surface area contributed by atoms with Crippen molar-refractivity contribution in [1.29, 1.82) is 0 Å². The Bertz CT molecular complexity index is 321. The number of nitrogens with one attached hydrogen (secondary N) is 1. The van der Waals surface area contributed by atoms with Crippen molar-refractivity contribution in [3.05, 3.63) is 15.2 Å². The summed E-state index contributed by atoms with van der Waals surface area (Å²) in [6, 6.07) is 0. The number of aromatic nitrogens is 1. The van der Waals surface area contributed by atoms with Crippen molar-refractivity contribution < 1.29 is 5.11 Å². The number of β-amino-alcohol motifs (C(OH)–C–C–N with tert-alkyl or cyclic N) is 1. The summed E-state index contributed by atoms with van der Waals surface area (Å²) in [6.07, 6.45) is 0.626. The molecular weight excluding hydrogens is 258 g/mol. The second-order valence-electron chi connectivity index (χ2n) is 2.84. The second kappa shape index (κ2) is 3.26. The number of hydrogen-bond donors (Lipinski definition) is 2. The molecule has 0 radical (unpaired) electrons. The molecule has 7 heteroatoms. The summed E-state index contributed by atoms with van der Waals surface area (Å²) in [5.74, 6) is 0. The second-order valence-corrected chi connectivity index (χ2v) is 5.22. The largest absolute Gasteiger partial charge is 0.623 e. The van der Waals surface area contributed by atoms with Crippen LogP contribution in [0, 0.1) is 5.21 Å². The van der Waals surface area contributed by atoms with Crippen LogP contribution >= 0.6 is 27.3 Å². The fourth-order valence-electron chi connectivity index (χ4n) is 1.23. The topological polar surface area (TPSA) is 68.2 Å². The van der Waals surface area contributed by atoms with Gasteiger partial charge in [0.2, 0.25) is 6.23 Å². The maximum atomic E-state index is 12.0. The Kier molecular flexibility index (Phi) is 2.39. The molecule has 2 heterocycles. The molecule has 1 aromatic rings. The number of nitrogens with zero attached hydrogens (tertiary/aromatic N) is 2. The average Bonchev–Trinajstić information content (AvgIpc) is 2.62. The highest BCUT2D eigenvalue weighted by Gasteiger charge is 2.37. The molecule has 0 saturated carbocycles. The van der Waals surface area contributed by atoms with Crippen LogP contribution in [0.1, 0.15) is 0 Å². The summed E-state index contributed by atoms with van der Waals surface area (Å²) in [6.45, 7) is 0.502. The molecule has 1 aromatic heterocycles. The van der Waals surface area contributed by atoms with Gasteiger partial charge in [0.1, 0.15) is 6.67 Å².